The summed E-state index contributed by atoms with van der Waals surface area (Å²) >= 11 is 0. The second-order valence-electron chi connectivity index (χ2n) is 5.04. The van der Waals surface area contributed by atoms with E-state index in [0.29, 0.717) is 26.1 Å². The summed E-state index contributed by atoms with van der Waals surface area (Å²) in [6, 6.07) is 0. The molecule has 108 valence electrons. The molecule has 0 saturated carbocycles. The topological polar surface area (TPSA) is 75.7 Å². The van der Waals surface area contributed by atoms with E-state index in [4.69, 9.17) is 4.74 Å². The predicted octanol–water partition coefficient (Wildman–Crippen LogP) is 1.18. The number of rotatable bonds is 6. The van der Waals surface area contributed by atoms with Crippen molar-refractivity contribution in [2.45, 2.75) is 39.7 Å². The molecule has 1 amide bonds. The Kier molecular flexibility index (Phi) is 6.62. The maximum Gasteiger partial charge on any atom is 0.407 e. The fraction of sp³-hybridized carbons (Fsp3) is 0.909. The molecule has 0 rings (SSSR count). The average Bonchev–Trinajstić information content (AvgIpc) is 2.12. The van der Waals surface area contributed by atoms with E-state index < -0.39 is 21.7 Å². The van der Waals surface area contributed by atoms with Gasteiger partial charge in [-0.1, -0.05) is 6.92 Å². The van der Waals surface area contributed by atoms with Crippen molar-refractivity contribution in [2.24, 2.45) is 0 Å². The van der Waals surface area contributed by atoms with Gasteiger partial charge in [-0.05, 0) is 27.2 Å². The average molecular weight is 280 g/mol. The molecular formula is C11H24N2O4S. The van der Waals surface area contributed by atoms with Crippen LogP contribution in [0.2, 0.25) is 0 Å². The first-order valence-electron chi connectivity index (χ1n) is 5.98. The predicted molar refractivity (Wildman–Crippen MR) is 70.9 cm³/mol. The van der Waals surface area contributed by atoms with E-state index >= 15 is 0 Å². The van der Waals surface area contributed by atoms with Gasteiger partial charge in [0.1, 0.15) is 5.60 Å². The molecule has 0 aliphatic rings. The quantitative estimate of drug-likeness (QED) is 0.741. The number of amides is 1. The molecule has 0 bridgehead atoms. The molecule has 7 heteroatoms. The number of sulfonamides is 1. The monoisotopic (exact) mass is 280 g/mol. The summed E-state index contributed by atoms with van der Waals surface area (Å²) in [4.78, 5) is 11.3. The molecule has 18 heavy (non-hydrogen) atoms. The van der Waals surface area contributed by atoms with Gasteiger partial charge in [0.05, 0.1) is 6.26 Å². The van der Waals surface area contributed by atoms with Crippen LogP contribution in [-0.4, -0.2) is 50.3 Å². The molecule has 0 heterocycles. The molecule has 0 aliphatic heterocycles. The summed E-state index contributed by atoms with van der Waals surface area (Å²) in [5.41, 5.74) is -0.522. The van der Waals surface area contributed by atoms with Gasteiger partial charge in [-0.15, -0.1) is 0 Å². The molecule has 6 nitrogen and oxygen atoms in total. The number of hydrogen-bond donors (Lipinski definition) is 1. The van der Waals surface area contributed by atoms with Crippen LogP contribution in [0.1, 0.15) is 34.1 Å². The van der Waals surface area contributed by atoms with Crippen LogP contribution < -0.4 is 5.32 Å². The summed E-state index contributed by atoms with van der Waals surface area (Å²) in [5.74, 6) is 0. The third kappa shape index (κ3) is 8.30. The van der Waals surface area contributed by atoms with Crippen LogP contribution in [0.5, 0.6) is 0 Å². The van der Waals surface area contributed by atoms with Crippen molar-refractivity contribution in [3.63, 3.8) is 0 Å². The maximum atomic E-state index is 11.3. The Balaban J connectivity index is 3.90. The first-order chi connectivity index (χ1) is 8.06. The number of nitrogens with zero attached hydrogens (tertiary/aromatic N) is 1. The van der Waals surface area contributed by atoms with Crippen molar-refractivity contribution in [3.05, 3.63) is 0 Å². The van der Waals surface area contributed by atoms with E-state index in [1.54, 1.807) is 27.7 Å². The number of carbonyl (C=O) groups is 1. The Hall–Kier alpha value is -0.820. The first kappa shape index (κ1) is 17.2. The highest BCUT2D eigenvalue weighted by atomic mass is 32.2. The number of carbonyl (C=O) groups excluding carboxylic acids is 1. The van der Waals surface area contributed by atoms with Crippen molar-refractivity contribution in [1.29, 1.82) is 0 Å². The zero-order valence-corrected chi connectivity index (χ0v) is 12.6. The van der Waals surface area contributed by atoms with E-state index in [2.05, 4.69) is 5.32 Å². The third-order valence-corrected chi connectivity index (χ3v) is 3.45. The lowest BCUT2D eigenvalue weighted by Crippen LogP contribution is -2.35. The van der Waals surface area contributed by atoms with E-state index in [9.17, 15) is 13.2 Å². The van der Waals surface area contributed by atoms with E-state index in [1.807, 2.05) is 0 Å². The van der Waals surface area contributed by atoms with Gasteiger partial charge in [-0.3, -0.25) is 0 Å². The van der Waals surface area contributed by atoms with Crippen LogP contribution in [0.4, 0.5) is 4.79 Å². The molecule has 0 aliphatic carbocycles. The highest BCUT2D eigenvalue weighted by molar-refractivity contribution is 7.88. The van der Waals surface area contributed by atoms with Gasteiger partial charge in [-0.25, -0.2) is 17.5 Å². The van der Waals surface area contributed by atoms with Crippen molar-refractivity contribution < 1.29 is 17.9 Å². The zero-order chi connectivity index (χ0) is 14.4. The molecular weight excluding hydrogens is 256 g/mol. The summed E-state index contributed by atoms with van der Waals surface area (Å²) in [6.07, 6.45) is 1.25. The maximum absolute atomic E-state index is 11.3. The Morgan fingerprint density at radius 1 is 1.33 bits per heavy atom. The third-order valence-electron chi connectivity index (χ3n) is 2.07. The molecule has 0 aromatic rings. The highest BCUT2D eigenvalue weighted by Gasteiger charge is 2.16. The van der Waals surface area contributed by atoms with Crippen LogP contribution in [0.3, 0.4) is 0 Å². The minimum atomic E-state index is -3.16. The fourth-order valence-electron chi connectivity index (χ4n) is 1.32. The van der Waals surface area contributed by atoms with Gasteiger partial charge < -0.3 is 10.1 Å². The Labute approximate surface area is 110 Å². The van der Waals surface area contributed by atoms with Gasteiger partial charge in [-0.2, -0.15) is 0 Å². The highest BCUT2D eigenvalue weighted by Crippen LogP contribution is 2.06. The van der Waals surface area contributed by atoms with Crippen LogP contribution >= 0.6 is 0 Å². The lowest BCUT2D eigenvalue weighted by atomic mass is 10.2. The van der Waals surface area contributed by atoms with E-state index in [0.717, 1.165) is 0 Å². The minimum Gasteiger partial charge on any atom is -0.444 e. The van der Waals surface area contributed by atoms with Crippen molar-refractivity contribution in [2.75, 3.05) is 25.9 Å². The molecule has 1 N–H and O–H groups in total. The number of nitrogens with one attached hydrogen (secondary N) is 1. The van der Waals surface area contributed by atoms with Gasteiger partial charge in [0.25, 0.3) is 0 Å². The molecule has 0 saturated heterocycles. The van der Waals surface area contributed by atoms with E-state index in [1.165, 1.54) is 10.6 Å². The first-order valence-corrected chi connectivity index (χ1v) is 7.83. The molecule has 0 radical (unpaired) electrons. The normalized spacial score (nSPS) is 12.6. The zero-order valence-electron chi connectivity index (χ0n) is 11.8. The standard InChI is InChI=1S/C11H24N2O4S/c1-6-13(18(5,15)16)9-7-8-12-10(14)17-11(2,3)4/h6-9H2,1-5H3,(H,12,14). The summed E-state index contributed by atoms with van der Waals surface area (Å²) < 4.78 is 29.0. The molecule has 0 fully saturated rings. The number of ether oxygens (including phenoxy) is 1. The fourth-order valence-corrected chi connectivity index (χ4v) is 2.25. The molecule has 0 unspecified atom stereocenters. The minimum absolute atomic E-state index is 0.390. The van der Waals surface area contributed by atoms with Gasteiger partial charge in [0, 0.05) is 19.6 Å². The second kappa shape index (κ2) is 6.94. The smallest absolute Gasteiger partial charge is 0.407 e. The molecule has 0 atom stereocenters. The van der Waals surface area contributed by atoms with Crippen LogP contribution in [0.25, 0.3) is 0 Å². The Morgan fingerprint density at radius 3 is 2.28 bits per heavy atom. The van der Waals surface area contributed by atoms with Crippen LogP contribution in [0, 0.1) is 0 Å². The van der Waals surface area contributed by atoms with Crippen LogP contribution in [0.15, 0.2) is 0 Å². The second-order valence-corrected chi connectivity index (χ2v) is 7.02. The molecule has 0 spiro atoms. The summed E-state index contributed by atoms with van der Waals surface area (Å²) in [6.45, 7) is 8.36. The van der Waals surface area contributed by atoms with Crippen molar-refractivity contribution in [1.82, 2.24) is 9.62 Å². The van der Waals surface area contributed by atoms with Gasteiger partial charge in [0.15, 0.2) is 0 Å². The largest absolute Gasteiger partial charge is 0.444 e. The van der Waals surface area contributed by atoms with Crippen LogP contribution in [-0.2, 0) is 14.8 Å². The van der Waals surface area contributed by atoms with Gasteiger partial charge >= 0.3 is 6.09 Å². The Bertz CT molecular complexity index is 360. The lowest BCUT2D eigenvalue weighted by molar-refractivity contribution is 0.0527. The number of alkyl carbamates (subject to hydrolysis) is 1. The molecule has 0 aromatic carbocycles. The lowest BCUT2D eigenvalue weighted by Gasteiger charge is -2.20. The summed E-state index contributed by atoms with van der Waals surface area (Å²) in [7, 11) is -3.16. The SMILES string of the molecule is CCN(CCCNC(=O)OC(C)(C)C)S(C)(=O)=O. The molecule has 0 aromatic heterocycles. The van der Waals surface area contributed by atoms with Crippen molar-refractivity contribution >= 4 is 16.1 Å². The Morgan fingerprint density at radius 2 is 1.89 bits per heavy atom. The van der Waals surface area contributed by atoms with E-state index in [-0.39, 0.29) is 0 Å². The van der Waals surface area contributed by atoms with Gasteiger partial charge in [0.2, 0.25) is 10.0 Å². The number of hydrogen-bond acceptors (Lipinski definition) is 4. The summed E-state index contributed by atoms with van der Waals surface area (Å²) in [5, 5.41) is 2.59. The van der Waals surface area contributed by atoms with Crippen molar-refractivity contribution in [3.8, 4) is 0 Å².